The molecule has 0 bridgehead atoms. The van der Waals surface area contributed by atoms with Crippen molar-refractivity contribution in [3.8, 4) is 0 Å². The van der Waals surface area contributed by atoms with Gasteiger partial charge in [-0.1, -0.05) is 23.8 Å². The molecule has 3 N–H and O–H groups in total. The van der Waals surface area contributed by atoms with Crippen molar-refractivity contribution < 1.29 is 8.81 Å². The number of oxazole rings is 1. The molecular weight excluding hydrogens is 259 g/mol. The molecule has 0 saturated heterocycles. The Hall–Kier alpha value is -2.40. The van der Waals surface area contributed by atoms with Crippen LogP contribution >= 0.6 is 0 Å². The lowest BCUT2D eigenvalue weighted by molar-refractivity contribution is 0.554. The van der Waals surface area contributed by atoms with Gasteiger partial charge in [-0.05, 0) is 30.7 Å². The van der Waals surface area contributed by atoms with Gasteiger partial charge in [0.15, 0.2) is 5.58 Å². The van der Waals surface area contributed by atoms with Gasteiger partial charge in [-0.15, -0.1) is 0 Å². The molecule has 0 amide bonds. The van der Waals surface area contributed by atoms with Crippen molar-refractivity contribution in [3.63, 3.8) is 0 Å². The molecule has 0 aliphatic carbocycles. The fourth-order valence-corrected chi connectivity index (χ4v) is 2.24. The van der Waals surface area contributed by atoms with E-state index in [-0.39, 0.29) is 5.82 Å². The third-order valence-electron chi connectivity index (χ3n) is 3.29. The smallest absolute Gasteiger partial charge is 0.408 e. The Kier molecular flexibility index (Phi) is 2.91. The fourth-order valence-electron chi connectivity index (χ4n) is 2.24. The van der Waals surface area contributed by atoms with Gasteiger partial charge in [-0.25, -0.2) is 9.18 Å². The summed E-state index contributed by atoms with van der Waals surface area (Å²) in [6.45, 7) is 1.88. The van der Waals surface area contributed by atoms with Crippen LogP contribution in [-0.4, -0.2) is 4.98 Å². The number of nitrogens with two attached hydrogens (primary N) is 1. The zero-order valence-electron chi connectivity index (χ0n) is 10.8. The molecular formula is C15H13FN2O2. The van der Waals surface area contributed by atoms with Crippen molar-refractivity contribution in [3.05, 3.63) is 69.5 Å². The number of aromatic amines is 1. The second-order valence-corrected chi connectivity index (χ2v) is 4.77. The van der Waals surface area contributed by atoms with Crippen molar-refractivity contribution in [1.29, 1.82) is 0 Å². The fraction of sp³-hybridized carbons (Fsp3) is 0.133. The van der Waals surface area contributed by atoms with E-state index in [1.807, 2.05) is 6.92 Å². The number of hydrogen-bond donors (Lipinski definition) is 2. The van der Waals surface area contributed by atoms with E-state index >= 15 is 0 Å². The standard InChI is InChI=1S/C15H13FN2O2/c1-8-2-4-11(16)10(6-8)14(17)9-3-5-12-13(7-9)20-15(19)18-12/h2-7,14H,17H2,1H3,(H,18,19). The van der Waals surface area contributed by atoms with E-state index in [1.54, 1.807) is 30.3 Å². The molecule has 2 aromatic carbocycles. The molecule has 1 aromatic heterocycles. The van der Waals surface area contributed by atoms with Crippen molar-refractivity contribution >= 4 is 11.1 Å². The second kappa shape index (κ2) is 4.61. The van der Waals surface area contributed by atoms with E-state index in [2.05, 4.69) is 4.98 Å². The number of H-pyrrole nitrogens is 1. The summed E-state index contributed by atoms with van der Waals surface area (Å²) in [4.78, 5) is 13.7. The maximum atomic E-state index is 13.9. The van der Waals surface area contributed by atoms with Gasteiger partial charge in [-0.2, -0.15) is 0 Å². The number of aryl methyl sites for hydroxylation is 1. The molecule has 4 nitrogen and oxygen atoms in total. The summed E-state index contributed by atoms with van der Waals surface area (Å²) in [6, 6.07) is 9.31. The molecule has 1 heterocycles. The van der Waals surface area contributed by atoms with E-state index in [1.165, 1.54) is 6.07 Å². The summed E-state index contributed by atoms with van der Waals surface area (Å²) in [5.41, 5.74) is 9.16. The first-order chi connectivity index (χ1) is 9.54. The number of rotatable bonds is 2. The van der Waals surface area contributed by atoms with Crippen molar-refractivity contribution in [2.75, 3.05) is 0 Å². The minimum atomic E-state index is -0.612. The van der Waals surface area contributed by atoms with Crippen LogP contribution < -0.4 is 11.5 Å². The Bertz CT molecular complexity index is 835. The lowest BCUT2D eigenvalue weighted by atomic mass is 9.97. The molecule has 0 aliphatic rings. The number of hydrogen-bond acceptors (Lipinski definition) is 3. The van der Waals surface area contributed by atoms with Crippen LogP contribution in [0.4, 0.5) is 4.39 Å². The van der Waals surface area contributed by atoms with Gasteiger partial charge in [0.05, 0.1) is 11.6 Å². The van der Waals surface area contributed by atoms with Crippen LogP contribution in [0.2, 0.25) is 0 Å². The summed E-state index contributed by atoms with van der Waals surface area (Å²) in [5, 5.41) is 0. The van der Waals surface area contributed by atoms with Gasteiger partial charge >= 0.3 is 5.76 Å². The highest BCUT2D eigenvalue weighted by Gasteiger charge is 2.15. The number of halogens is 1. The zero-order valence-corrected chi connectivity index (χ0v) is 10.8. The van der Waals surface area contributed by atoms with Gasteiger partial charge in [-0.3, -0.25) is 4.98 Å². The van der Waals surface area contributed by atoms with Gasteiger partial charge in [0, 0.05) is 5.56 Å². The normalized spacial score (nSPS) is 12.8. The van der Waals surface area contributed by atoms with Crippen LogP contribution in [0.5, 0.6) is 0 Å². The number of nitrogens with one attached hydrogen (secondary N) is 1. The first kappa shape index (κ1) is 12.6. The lowest BCUT2D eigenvalue weighted by Gasteiger charge is -2.14. The van der Waals surface area contributed by atoms with E-state index in [0.717, 1.165) is 5.56 Å². The van der Waals surface area contributed by atoms with Gasteiger partial charge < -0.3 is 10.2 Å². The number of fused-ring (bicyclic) bond motifs is 1. The summed E-state index contributed by atoms with van der Waals surface area (Å²) in [6.07, 6.45) is 0. The van der Waals surface area contributed by atoms with Crippen LogP contribution in [0.1, 0.15) is 22.7 Å². The molecule has 0 radical (unpaired) electrons. The zero-order chi connectivity index (χ0) is 14.3. The predicted octanol–water partition coefficient (Wildman–Crippen LogP) is 2.62. The Labute approximate surface area is 114 Å². The van der Waals surface area contributed by atoms with Gasteiger partial charge in [0.1, 0.15) is 5.82 Å². The number of aromatic nitrogens is 1. The van der Waals surface area contributed by atoms with Crippen molar-refractivity contribution in [2.45, 2.75) is 13.0 Å². The number of benzene rings is 2. The van der Waals surface area contributed by atoms with Gasteiger partial charge in [0.25, 0.3) is 0 Å². The Morgan fingerprint density at radius 3 is 2.85 bits per heavy atom. The van der Waals surface area contributed by atoms with Crippen LogP contribution in [0.3, 0.4) is 0 Å². The average molecular weight is 272 g/mol. The van der Waals surface area contributed by atoms with E-state index in [0.29, 0.717) is 22.2 Å². The molecule has 0 saturated carbocycles. The lowest BCUT2D eigenvalue weighted by Crippen LogP contribution is -2.13. The molecule has 5 heteroatoms. The highest BCUT2D eigenvalue weighted by molar-refractivity contribution is 5.73. The Morgan fingerprint density at radius 2 is 2.05 bits per heavy atom. The molecule has 0 spiro atoms. The molecule has 3 aromatic rings. The molecule has 0 aliphatic heterocycles. The minimum absolute atomic E-state index is 0.348. The summed E-state index contributed by atoms with van der Waals surface area (Å²) in [7, 11) is 0. The van der Waals surface area contributed by atoms with Crippen molar-refractivity contribution in [1.82, 2.24) is 4.98 Å². The monoisotopic (exact) mass is 272 g/mol. The van der Waals surface area contributed by atoms with Crippen LogP contribution in [0.25, 0.3) is 11.1 Å². The Morgan fingerprint density at radius 1 is 1.25 bits per heavy atom. The topological polar surface area (TPSA) is 72.0 Å². The Balaban J connectivity index is 2.09. The van der Waals surface area contributed by atoms with E-state index in [4.69, 9.17) is 10.2 Å². The van der Waals surface area contributed by atoms with E-state index in [9.17, 15) is 9.18 Å². The van der Waals surface area contributed by atoms with Crippen LogP contribution in [-0.2, 0) is 0 Å². The first-order valence-electron chi connectivity index (χ1n) is 6.19. The minimum Gasteiger partial charge on any atom is -0.408 e. The molecule has 20 heavy (non-hydrogen) atoms. The largest absolute Gasteiger partial charge is 0.417 e. The summed E-state index contributed by atoms with van der Waals surface area (Å²) in [5.74, 6) is -0.869. The molecule has 1 unspecified atom stereocenters. The highest BCUT2D eigenvalue weighted by atomic mass is 19.1. The molecule has 0 fully saturated rings. The van der Waals surface area contributed by atoms with Gasteiger partial charge in [0.2, 0.25) is 0 Å². The van der Waals surface area contributed by atoms with Crippen LogP contribution in [0, 0.1) is 12.7 Å². The SMILES string of the molecule is Cc1ccc(F)c(C(N)c2ccc3[nH]c(=O)oc3c2)c1. The predicted molar refractivity (Wildman–Crippen MR) is 74.0 cm³/mol. The molecule has 102 valence electrons. The summed E-state index contributed by atoms with van der Waals surface area (Å²) >= 11 is 0. The maximum Gasteiger partial charge on any atom is 0.417 e. The molecule has 1 atom stereocenters. The highest BCUT2D eigenvalue weighted by Crippen LogP contribution is 2.25. The maximum absolute atomic E-state index is 13.9. The van der Waals surface area contributed by atoms with E-state index < -0.39 is 11.8 Å². The third kappa shape index (κ3) is 2.12. The quantitative estimate of drug-likeness (QED) is 0.753. The van der Waals surface area contributed by atoms with Crippen molar-refractivity contribution in [2.24, 2.45) is 5.73 Å². The first-order valence-corrected chi connectivity index (χ1v) is 6.19. The average Bonchev–Trinajstić information content (AvgIpc) is 2.79. The summed E-state index contributed by atoms with van der Waals surface area (Å²) < 4.78 is 18.9. The van der Waals surface area contributed by atoms with Crippen LogP contribution in [0.15, 0.2) is 45.6 Å². The molecule has 3 rings (SSSR count). The second-order valence-electron chi connectivity index (χ2n) is 4.77. The third-order valence-corrected chi connectivity index (χ3v) is 3.29.